The van der Waals surface area contributed by atoms with Crippen LogP contribution in [0.1, 0.15) is 36.5 Å². The van der Waals surface area contributed by atoms with E-state index in [1.54, 1.807) is 12.2 Å². The molecule has 2 aliphatic carbocycles. The molecule has 0 unspecified atom stereocenters. The Hall–Kier alpha value is -2.10. The Labute approximate surface area is 123 Å². The molecule has 0 amide bonds. The van der Waals surface area contributed by atoms with Crippen molar-refractivity contribution in [2.24, 2.45) is 5.41 Å². The van der Waals surface area contributed by atoms with E-state index in [2.05, 4.69) is 0 Å². The number of carboxylic acid groups (broad SMARTS) is 1. The van der Waals surface area contributed by atoms with Gasteiger partial charge >= 0.3 is 11.9 Å². The molecule has 0 radical (unpaired) electrons. The summed E-state index contributed by atoms with van der Waals surface area (Å²) >= 11 is 0. The van der Waals surface area contributed by atoms with Crippen molar-refractivity contribution in [3.8, 4) is 0 Å². The molecule has 1 aromatic carbocycles. The molecular formula is C17H18O4. The second kappa shape index (κ2) is 4.20. The van der Waals surface area contributed by atoms with E-state index in [9.17, 15) is 14.7 Å². The van der Waals surface area contributed by atoms with E-state index in [0.717, 1.165) is 16.7 Å². The van der Waals surface area contributed by atoms with Crippen molar-refractivity contribution in [2.75, 3.05) is 7.11 Å². The predicted molar refractivity (Wildman–Crippen MR) is 77.1 cm³/mol. The van der Waals surface area contributed by atoms with Gasteiger partial charge in [0, 0.05) is 0 Å². The number of carboxylic acids is 1. The zero-order valence-electron chi connectivity index (χ0n) is 12.3. The molecule has 4 heteroatoms. The summed E-state index contributed by atoms with van der Waals surface area (Å²) in [6, 6.07) is 5.68. The summed E-state index contributed by atoms with van der Waals surface area (Å²) in [6.45, 7) is 3.93. The molecule has 0 saturated heterocycles. The minimum atomic E-state index is -1.07. The van der Waals surface area contributed by atoms with Crippen molar-refractivity contribution >= 4 is 11.9 Å². The van der Waals surface area contributed by atoms with E-state index in [0.29, 0.717) is 6.42 Å². The Bertz CT molecular complexity index is 671. The lowest BCUT2D eigenvalue weighted by atomic mass is 9.62. The minimum absolute atomic E-state index is 0.358. The van der Waals surface area contributed by atoms with E-state index in [-0.39, 0.29) is 5.97 Å². The first-order valence-corrected chi connectivity index (χ1v) is 6.98. The Morgan fingerprint density at radius 2 is 2.05 bits per heavy atom. The van der Waals surface area contributed by atoms with E-state index >= 15 is 0 Å². The molecule has 110 valence electrons. The van der Waals surface area contributed by atoms with E-state index in [1.165, 1.54) is 7.11 Å². The molecule has 2 atom stereocenters. The second-order valence-electron chi connectivity index (χ2n) is 6.42. The molecular weight excluding hydrogens is 268 g/mol. The first kappa shape index (κ1) is 13.9. The fourth-order valence-electron chi connectivity index (χ4n) is 3.91. The summed E-state index contributed by atoms with van der Waals surface area (Å²) in [4.78, 5) is 24.1. The molecule has 0 fully saturated rings. The van der Waals surface area contributed by atoms with Gasteiger partial charge in [0.2, 0.25) is 0 Å². The molecule has 0 saturated carbocycles. The maximum Gasteiger partial charge on any atom is 0.318 e. The van der Waals surface area contributed by atoms with Crippen LogP contribution in [0, 0.1) is 5.41 Å². The summed E-state index contributed by atoms with van der Waals surface area (Å²) in [7, 11) is 1.35. The SMILES string of the molecule is COC(=O)[C@@H]1C=C[C@@]2(C(=O)O)c3c(cccc31)CC2(C)C. The number of rotatable bonds is 2. The summed E-state index contributed by atoms with van der Waals surface area (Å²) in [5.41, 5.74) is 1.05. The number of hydrogen-bond acceptors (Lipinski definition) is 3. The van der Waals surface area contributed by atoms with Gasteiger partial charge in [-0.15, -0.1) is 0 Å². The second-order valence-corrected chi connectivity index (χ2v) is 6.42. The van der Waals surface area contributed by atoms with Gasteiger partial charge in [-0.25, -0.2) is 0 Å². The van der Waals surface area contributed by atoms with Crippen LogP contribution in [0.4, 0.5) is 0 Å². The fraction of sp³-hybridized carbons (Fsp3) is 0.412. The normalized spacial score (nSPS) is 28.0. The third-order valence-electron chi connectivity index (χ3n) is 4.94. The van der Waals surface area contributed by atoms with Crippen molar-refractivity contribution in [3.05, 3.63) is 47.0 Å². The minimum Gasteiger partial charge on any atom is -0.480 e. The monoisotopic (exact) mass is 286 g/mol. The van der Waals surface area contributed by atoms with Gasteiger partial charge in [-0.2, -0.15) is 0 Å². The van der Waals surface area contributed by atoms with Crippen LogP contribution in [0.3, 0.4) is 0 Å². The van der Waals surface area contributed by atoms with Crippen LogP contribution in [0.5, 0.6) is 0 Å². The van der Waals surface area contributed by atoms with Crippen molar-refractivity contribution < 1.29 is 19.4 Å². The number of ether oxygens (including phenoxy) is 1. The molecule has 2 aliphatic rings. The fourth-order valence-corrected chi connectivity index (χ4v) is 3.91. The molecule has 1 N–H and O–H groups in total. The molecule has 0 spiro atoms. The number of aliphatic carboxylic acids is 1. The van der Waals surface area contributed by atoms with Crippen molar-refractivity contribution in [1.29, 1.82) is 0 Å². The molecule has 0 aromatic heterocycles. The smallest absolute Gasteiger partial charge is 0.318 e. The molecule has 0 heterocycles. The van der Waals surface area contributed by atoms with E-state index in [4.69, 9.17) is 4.74 Å². The topological polar surface area (TPSA) is 63.6 Å². The summed E-state index contributed by atoms with van der Waals surface area (Å²) in [5.74, 6) is -1.74. The molecule has 1 aromatic rings. The zero-order valence-corrected chi connectivity index (χ0v) is 12.3. The number of methoxy groups -OCH3 is 1. The van der Waals surface area contributed by atoms with Crippen LogP contribution in [0.25, 0.3) is 0 Å². The standard InChI is InChI=1S/C17H18O4/c1-16(2)9-10-5-4-6-11-12(14(18)21-3)7-8-17(16,13(10)11)15(19)20/h4-8,12H,9H2,1-3H3,(H,19,20)/t12-,17+/m1/s1. The predicted octanol–water partition coefficient (Wildman–Crippen LogP) is 2.42. The van der Waals surface area contributed by atoms with Gasteiger partial charge in [0.15, 0.2) is 0 Å². The third kappa shape index (κ3) is 1.56. The number of benzene rings is 1. The Kier molecular flexibility index (Phi) is 2.77. The van der Waals surface area contributed by atoms with Crippen LogP contribution in [0.15, 0.2) is 30.4 Å². The molecule has 21 heavy (non-hydrogen) atoms. The van der Waals surface area contributed by atoms with Crippen molar-refractivity contribution in [3.63, 3.8) is 0 Å². The highest BCUT2D eigenvalue weighted by Crippen LogP contribution is 2.57. The lowest BCUT2D eigenvalue weighted by molar-refractivity contribution is -0.146. The molecule has 0 bridgehead atoms. The largest absolute Gasteiger partial charge is 0.480 e. The van der Waals surface area contributed by atoms with Gasteiger partial charge < -0.3 is 9.84 Å². The number of esters is 1. The maximum absolute atomic E-state index is 12.1. The van der Waals surface area contributed by atoms with Gasteiger partial charge in [-0.05, 0) is 28.5 Å². The summed E-state index contributed by atoms with van der Waals surface area (Å²) < 4.78 is 4.85. The molecule has 0 aliphatic heterocycles. The van der Waals surface area contributed by atoms with E-state index in [1.807, 2.05) is 32.0 Å². The summed E-state index contributed by atoms with van der Waals surface area (Å²) in [5, 5.41) is 9.92. The van der Waals surface area contributed by atoms with Crippen molar-refractivity contribution in [2.45, 2.75) is 31.6 Å². The molecule has 3 rings (SSSR count). The lowest BCUT2D eigenvalue weighted by Crippen LogP contribution is -2.46. The number of carbonyl (C=O) groups is 2. The van der Waals surface area contributed by atoms with Crippen molar-refractivity contribution in [1.82, 2.24) is 0 Å². The first-order valence-electron chi connectivity index (χ1n) is 6.98. The highest BCUT2D eigenvalue weighted by molar-refractivity contribution is 5.92. The van der Waals surface area contributed by atoms with Crippen LogP contribution < -0.4 is 0 Å². The van der Waals surface area contributed by atoms with Crippen LogP contribution in [0.2, 0.25) is 0 Å². The number of hydrogen-bond donors (Lipinski definition) is 1. The zero-order chi connectivity index (χ0) is 15.4. The van der Waals surface area contributed by atoms with Crippen LogP contribution in [-0.2, 0) is 26.2 Å². The lowest BCUT2D eigenvalue weighted by Gasteiger charge is -2.39. The number of carbonyl (C=O) groups excluding carboxylic acids is 1. The first-order chi connectivity index (χ1) is 9.85. The Morgan fingerprint density at radius 3 is 2.67 bits per heavy atom. The Morgan fingerprint density at radius 1 is 1.33 bits per heavy atom. The van der Waals surface area contributed by atoms with Gasteiger partial charge in [-0.1, -0.05) is 44.2 Å². The highest BCUT2D eigenvalue weighted by Gasteiger charge is 2.59. The maximum atomic E-state index is 12.1. The van der Waals surface area contributed by atoms with Crippen LogP contribution >= 0.6 is 0 Å². The average Bonchev–Trinajstić information content (AvgIpc) is 2.68. The highest BCUT2D eigenvalue weighted by atomic mass is 16.5. The van der Waals surface area contributed by atoms with Gasteiger partial charge in [-0.3, -0.25) is 9.59 Å². The van der Waals surface area contributed by atoms with Gasteiger partial charge in [0.05, 0.1) is 7.11 Å². The van der Waals surface area contributed by atoms with Crippen LogP contribution in [-0.4, -0.2) is 24.2 Å². The summed E-state index contributed by atoms with van der Waals surface area (Å²) in [6.07, 6.45) is 4.05. The molecule has 4 nitrogen and oxygen atoms in total. The third-order valence-corrected chi connectivity index (χ3v) is 4.94. The average molecular weight is 286 g/mol. The Balaban J connectivity index is 2.32. The van der Waals surface area contributed by atoms with Gasteiger partial charge in [0.25, 0.3) is 0 Å². The quantitative estimate of drug-likeness (QED) is 0.670. The van der Waals surface area contributed by atoms with E-state index < -0.39 is 22.7 Å². The van der Waals surface area contributed by atoms with Gasteiger partial charge in [0.1, 0.15) is 11.3 Å².